The average Bonchev–Trinajstić information content (AvgIpc) is 2.90. The highest BCUT2D eigenvalue weighted by Gasteiger charge is 2.02. The van der Waals surface area contributed by atoms with Crippen LogP contribution in [0.3, 0.4) is 0 Å². The zero-order chi connectivity index (χ0) is 26.9. The molecule has 0 aromatic heterocycles. The predicted octanol–water partition coefficient (Wildman–Crippen LogP) is 12.7. The van der Waals surface area contributed by atoms with E-state index in [4.69, 9.17) is 4.74 Å². The number of carbonyl (C=O) groups excluding carboxylic acids is 1. The van der Waals surface area contributed by atoms with Gasteiger partial charge >= 0.3 is 5.97 Å². The number of esters is 1. The zero-order valence-electron chi connectivity index (χ0n) is 25.9. The Morgan fingerprint density at radius 3 is 0.892 bits per heavy atom. The summed E-state index contributed by atoms with van der Waals surface area (Å²) in [6, 6.07) is 0. The molecular weight excluding hydrogens is 452 g/mol. The van der Waals surface area contributed by atoms with E-state index in [0.717, 1.165) is 12.8 Å². The molecule has 0 aromatic rings. The molecule has 0 saturated carbocycles. The lowest BCUT2D eigenvalue weighted by atomic mass is 10.0. The minimum absolute atomic E-state index is 0.0253. The molecule has 0 bridgehead atoms. The van der Waals surface area contributed by atoms with Gasteiger partial charge in [0.15, 0.2) is 0 Å². The lowest BCUT2D eigenvalue weighted by Gasteiger charge is -2.06. The predicted molar refractivity (Wildman–Crippen MR) is 165 cm³/mol. The summed E-state index contributed by atoms with van der Waals surface area (Å²) in [7, 11) is 0. The van der Waals surface area contributed by atoms with Crippen LogP contribution in [0.15, 0.2) is 0 Å². The lowest BCUT2D eigenvalue weighted by molar-refractivity contribution is -0.143. The van der Waals surface area contributed by atoms with Crippen molar-refractivity contribution in [3.05, 3.63) is 0 Å². The van der Waals surface area contributed by atoms with Gasteiger partial charge < -0.3 is 4.74 Å². The molecule has 0 aliphatic carbocycles. The van der Waals surface area contributed by atoms with Crippen molar-refractivity contribution in [2.45, 2.75) is 213 Å². The first kappa shape index (κ1) is 36.5. The number of carbonyl (C=O) groups is 1. The quantitative estimate of drug-likeness (QED) is 0.0648. The Morgan fingerprint density at radius 2 is 0.595 bits per heavy atom. The number of ether oxygens (including phenoxy) is 1. The molecule has 0 radical (unpaired) electrons. The summed E-state index contributed by atoms with van der Waals surface area (Å²) >= 11 is 0. The number of hydrogen-bond acceptors (Lipinski definition) is 2. The van der Waals surface area contributed by atoms with Gasteiger partial charge in [-0.3, -0.25) is 4.79 Å². The highest BCUT2D eigenvalue weighted by atomic mass is 16.5. The van der Waals surface area contributed by atoms with Crippen LogP contribution in [0, 0.1) is 0 Å². The Balaban J connectivity index is 3.12. The van der Waals surface area contributed by atoms with Crippen molar-refractivity contribution in [3.8, 4) is 0 Å². The maximum atomic E-state index is 11.9. The molecule has 0 aromatic carbocycles. The highest BCUT2D eigenvalue weighted by Crippen LogP contribution is 2.15. The van der Waals surface area contributed by atoms with Gasteiger partial charge in [-0.05, 0) is 12.8 Å². The molecule has 0 spiro atoms. The number of hydrogen-bond donors (Lipinski definition) is 0. The molecule has 0 heterocycles. The molecule has 2 nitrogen and oxygen atoms in total. The van der Waals surface area contributed by atoms with Crippen LogP contribution < -0.4 is 0 Å². The maximum absolute atomic E-state index is 11.9. The van der Waals surface area contributed by atoms with Crippen LogP contribution in [0.5, 0.6) is 0 Å². The van der Waals surface area contributed by atoms with Crippen molar-refractivity contribution in [3.63, 3.8) is 0 Å². The van der Waals surface area contributed by atoms with Crippen molar-refractivity contribution < 1.29 is 9.53 Å². The fourth-order valence-corrected chi connectivity index (χ4v) is 5.37. The Bertz CT molecular complexity index is 419. The van der Waals surface area contributed by atoms with Crippen molar-refractivity contribution in [2.24, 2.45) is 0 Å². The van der Waals surface area contributed by atoms with Crippen LogP contribution in [0.25, 0.3) is 0 Å². The maximum Gasteiger partial charge on any atom is 0.305 e. The van der Waals surface area contributed by atoms with E-state index < -0.39 is 0 Å². The largest absolute Gasteiger partial charge is 0.466 e. The molecule has 0 unspecified atom stereocenters. The first-order valence-electron chi connectivity index (χ1n) is 17.5. The van der Waals surface area contributed by atoms with Crippen LogP contribution in [0.4, 0.5) is 0 Å². The van der Waals surface area contributed by atoms with Crippen molar-refractivity contribution in [1.29, 1.82) is 0 Å². The molecule has 0 amide bonds. The molecule has 0 atom stereocenters. The second kappa shape index (κ2) is 33.5. The van der Waals surface area contributed by atoms with Crippen LogP contribution in [-0.2, 0) is 9.53 Å². The van der Waals surface area contributed by atoms with Gasteiger partial charge in [-0.25, -0.2) is 0 Å². The van der Waals surface area contributed by atoms with Crippen LogP contribution in [0.2, 0.25) is 0 Å². The van der Waals surface area contributed by atoms with Gasteiger partial charge in [-0.1, -0.05) is 194 Å². The molecule has 37 heavy (non-hydrogen) atoms. The third kappa shape index (κ3) is 33.4. The summed E-state index contributed by atoms with van der Waals surface area (Å²) in [5, 5.41) is 0. The molecule has 222 valence electrons. The summed E-state index contributed by atoms with van der Waals surface area (Å²) < 4.78 is 5.41. The summed E-state index contributed by atoms with van der Waals surface area (Å²) in [4.78, 5) is 11.9. The fourth-order valence-electron chi connectivity index (χ4n) is 5.37. The Kier molecular flexibility index (Phi) is 33.0. The van der Waals surface area contributed by atoms with Crippen LogP contribution in [-0.4, -0.2) is 12.6 Å². The standard InChI is InChI=1S/C35H70O2/c1-3-5-7-9-11-13-14-15-16-17-18-19-20-21-22-23-24-25-27-29-31-33-35(36)37-34-32-30-28-26-12-10-8-6-4-2/h3-34H2,1-2H3. The Hall–Kier alpha value is -0.530. The van der Waals surface area contributed by atoms with Gasteiger partial charge in [0.05, 0.1) is 6.61 Å². The van der Waals surface area contributed by atoms with Crippen molar-refractivity contribution in [2.75, 3.05) is 6.61 Å². The van der Waals surface area contributed by atoms with E-state index in [9.17, 15) is 4.79 Å². The lowest BCUT2D eigenvalue weighted by Crippen LogP contribution is -2.05. The van der Waals surface area contributed by atoms with Crippen molar-refractivity contribution in [1.82, 2.24) is 0 Å². The molecule has 0 rings (SSSR count). The number of unbranched alkanes of at least 4 members (excludes halogenated alkanes) is 28. The average molecular weight is 523 g/mol. The van der Waals surface area contributed by atoms with Crippen LogP contribution in [0.1, 0.15) is 213 Å². The Morgan fingerprint density at radius 1 is 0.351 bits per heavy atom. The third-order valence-electron chi connectivity index (χ3n) is 8.00. The summed E-state index contributed by atoms with van der Waals surface area (Å²) in [6.45, 7) is 5.20. The monoisotopic (exact) mass is 523 g/mol. The minimum Gasteiger partial charge on any atom is -0.466 e. The molecule has 0 aliphatic heterocycles. The first-order valence-corrected chi connectivity index (χ1v) is 17.5. The molecule has 2 heteroatoms. The van der Waals surface area contributed by atoms with Gasteiger partial charge in [-0.2, -0.15) is 0 Å². The highest BCUT2D eigenvalue weighted by molar-refractivity contribution is 5.69. The third-order valence-corrected chi connectivity index (χ3v) is 8.00. The van der Waals surface area contributed by atoms with E-state index >= 15 is 0 Å². The SMILES string of the molecule is CCCCCCCCCCCCCCCCCCCCCCCC(=O)OCCCCCCCCCCC. The fraction of sp³-hybridized carbons (Fsp3) is 0.971. The normalized spacial score (nSPS) is 11.3. The second-order valence-electron chi connectivity index (χ2n) is 11.9. The Labute approximate surface area is 234 Å². The second-order valence-corrected chi connectivity index (χ2v) is 11.9. The van der Waals surface area contributed by atoms with E-state index in [1.807, 2.05) is 0 Å². The molecule has 0 N–H and O–H groups in total. The van der Waals surface area contributed by atoms with E-state index in [-0.39, 0.29) is 5.97 Å². The van der Waals surface area contributed by atoms with E-state index in [1.54, 1.807) is 0 Å². The van der Waals surface area contributed by atoms with Crippen LogP contribution >= 0.6 is 0 Å². The zero-order valence-corrected chi connectivity index (χ0v) is 25.9. The van der Waals surface area contributed by atoms with Gasteiger partial charge in [0.25, 0.3) is 0 Å². The van der Waals surface area contributed by atoms with E-state index in [1.165, 1.54) is 180 Å². The van der Waals surface area contributed by atoms with Gasteiger partial charge in [0.2, 0.25) is 0 Å². The number of rotatable bonds is 32. The summed E-state index contributed by atoms with van der Waals surface area (Å²) in [6.07, 6.45) is 41.7. The summed E-state index contributed by atoms with van der Waals surface area (Å²) in [5.74, 6) is 0.0253. The molecule has 0 aliphatic rings. The van der Waals surface area contributed by atoms with Crippen molar-refractivity contribution >= 4 is 5.97 Å². The minimum atomic E-state index is 0.0253. The topological polar surface area (TPSA) is 26.3 Å². The van der Waals surface area contributed by atoms with E-state index in [2.05, 4.69) is 13.8 Å². The molecule has 0 saturated heterocycles. The van der Waals surface area contributed by atoms with E-state index in [0.29, 0.717) is 13.0 Å². The molecular formula is C35H70O2. The van der Waals surface area contributed by atoms with Gasteiger partial charge in [0, 0.05) is 6.42 Å². The van der Waals surface area contributed by atoms with Gasteiger partial charge in [-0.15, -0.1) is 0 Å². The molecule has 0 fully saturated rings. The first-order chi connectivity index (χ1) is 18.3. The summed E-state index contributed by atoms with van der Waals surface area (Å²) in [5.41, 5.74) is 0. The van der Waals surface area contributed by atoms with Gasteiger partial charge in [0.1, 0.15) is 0 Å². The smallest absolute Gasteiger partial charge is 0.305 e.